The molecule has 8 heteroatoms. The number of carbonyl (C=O) groups excluding carboxylic acids is 1. The first-order chi connectivity index (χ1) is 13.9. The van der Waals surface area contributed by atoms with E-state index in [0.717, 1.165) is 32.7 Å². The second-order valence-electron chi connectivity index (χ2n) is 6.99. The van der Waals surface area contributed by atoms with E-state index < -0.39 is 0 Å². The molecule has 6 nitrogen and oxygen atoms in total. The van der Waals surface area contributed by atoms with Gasteiger partial charge in [0.15, 0.2) is 5.13 Å². The fourth-order valence-electron chi connectivity index (χ4n) is 3.24. The summed E-state index contributed by atoms with van der Waals surface area (Å²) in [5.41, 5.74) is 4.62. The quantitative estimate of drug-likeness (QED) is 0.465. The molecule has 0 saturated carbocycles. The second-order valence-corrected chi connectivity index (χ2v) is 8.44. The maximum atomic E-state index is 13.3. The second kappa shape index (κ2) is 7.93. The van der Waals surface area contributed by atoms with Gasteiger partial charge in [-0.3, -0.25) is 19.4 Å². The lowest BCUT2D eigenvalue weighted by molar-refractivity contribution is -0.119. The largest absolute Gasteiger partial charge is 0.282 e. The van der Waals surface area contributed by atoms with Crippen LogP contribution >= 0.6 is 22.9 Å². The number of benzene rings is 1. The highest BCUT2D eigenvalue weighted by molar-refractivity contribution is 7.22. The molecule has 3 aromatic heterocycles. The van der Waals surface area contributed by atoms with Gasteiger partial charge in [-0.25, -0.2) is 4.98 Å². The van der Waals surface area contributed by atoms with Gasteiger partial charge in [-0.15, -0.1) is 0 Å². The third-order valence-corrected chi connectivity index (χ3v) is 5.87. The number of hydrogen-bond acceptors (Lipinski definition) is 5. The summed E-state index contributed by atoms with van der Waals surface area (Å²) in [7, 11) is 0. The molecule has 0 spiro atoms. The summed E-state index contributed by atoms with van der Waals surface area (Å²) in [5.74, 6) is -0.0807. The molecule has 0 atom stereocenters. The Bertz CT molecular complexity index is 1180. The van der Waals surface area contributed by atoms with E-state index in [2.05, 4.69) is 10.1 Å². The first-order valence-corrected chi connectivity index (χ1v) is 10.4. The van der Waals surface area contributed by atoms with Gasteiger partial charge in [0.1, 0.15) is 6.54 Å². The van der Waals surface area contributed by atoms with Crippen molar-refractivity contribution in [3.05, 3.63) is 70.3 Å². The Labute approximate surface area is 177 Å². The topological polar surface area (TPSA) is 63.9 Å². The summed E-state index contributed by atoms with van der Waals surface area (Å²) in [6.07, 6.45) is 3.48. The van der Waals surface area contributed by atoms with Crippen molar-refractivity contribution in [2.24, 2.45) is 0 Å². The van der Waals surface area contributed by atoms with Crippen LogP contribution in [0.25, 0.3) is 10.2 Å². The smallest absolute Gasteiger partial charge is 0.250 e. The minimum atomic E-state index is -0.0807. The fourth-order valence-corrected chi connectivity index (χ4v) is 4.68. The summed E-state index contributed by atoms with van der Waals surface area (Å²) in [5, 5.41) is 5.73. The van der Waals surface area contributed by atoms with Crippen molar-refractivity contribution in [3.8, 4) is 0 Å². The zero-order valence-electron chi connectivity index (χ0n) is 16.4. The highest BCUT2D eigenvalue weighted by Gasteiger charge is 2.22. The first-order valence-electron chi connectivity index (χ1n) is 9.18. The third kappa shape index (κ3) is 4.16. The van der Waals surface area contributed by atoms with E-state index in [-0.39, 0.29) is 12.5 Å². The molecule has 0 aliphatic carbocycles. The van der Waals surface area contributed by atoms with Crippen molar-refractivity contribution in [1.82, 2.24) is 19.7 Å². The SMILES string of the molecule is Cc1cc(C)n(CC(=O)N(Cc2cccnc2)c2nc3c(C)cc(Cl)cc3s2)n1. The number of thiazole rings is 1. The van der Waals surface area contributed by atoms with Gasteiger partial charge in [0.25, 0.3) is 5.91 Å². The van der Waals surface area contributed by atoms with E-state index in [1.807, 2.05) is 51.1 Å². The lowest BCUT2D eigenvalue weighted by Gasteiger charge is -2.20. The van der Waals surface area contributed by atoms with Gasteiger partial charge in [-0.2, -0.15) is 5.10 Å². The van der Waals surface area contributed by atoms with Crippen LogP contribution in [0.2, 0.25) is 5.02 Å². The highest BCUT2D eigenvalue weighted by Crippen LogP contribution is 2.33. The molecular weight excluding hydrogens is 406 g/mol. The Morgan fingerprint density at radius 3 is 2.76 bits per heavy atom. The number of hydrogen-bond donors (Lipinski definition) is 0. The molecule has 0 saturated heterocycles. The van der Waals surface area contributed by atoms with Gasteiger partial charge >= 0.3 is 0 Å². The monoisotopic (exact) mass is 425 g/mol. The molecule has 148 valence electrons. The maximum absolute atomic E-state index is 13.3. The minimum absolute atomic E-state index is 0.0807. The predicted octanol–water partition coefficient (Wildman–Crippen LogP) is 4.70. The van der Waals surface area contributed by atoms with E-state index >= 15 is 0 Å². The number of anilines is 1. The zero-order chi connectivity index (χ0) is 20.5. The van der Waals surface area contributed by atoms with E-state index in [4.69, 9.17) is 16.6 Å². The summed E-state index contributed by atoms with van der Waals surface area (Å²) >= 11 is 7.67. The maximum Gasteiger partial charge on any atom is 0.250 e. The van der Waals surface area contributed by atoms with Crippen molar-refractivity contribution >= 4 is 44.2 Å². The van der Waals surface area contributed by atoms with Crippen molar-refractivity contribution < 1.29 is 4.79 Å². The number of aryl methyl sites for hydroxylation is 3. The lowest BCUT2D eigenvalue weighted by atomic mass is 10.2. The molecule has 0 fully saturated rings. The number of halogens is 1. The van der Waals surface area contributed by atoms with Crippen LogP contribution in [-0.4, -0.2) is 25.7 Å². The molecule has 0 aliphatic rings. The molecule has 0 unspecified atom stereocenters. The van der Waals surface area contributed by atoms with E-state index in [0.29, 0.717) is 16.7 Å². The first kappa shape index (κ1) is 19.5. The van der Waals surface area contributed by atoms with Crippen LogP contribution in [0.4, 0.5) is 5.13 Å². The van der Waals surface area contributed by atoms with E-state index in [1.54, 1.807) is 22.0 Å². The minimum Gasteiger partial charge on any atom is -0.282 e. The lowest BCUT2D eigenvalue weighted by Crippen LogP contribution is -2.34. The number of nitrogens with zero attached hydrogens (tertiary/aromatic N) is 5. The van der Waals surface area contributed by atoms with Gasteiger partial charge in [-0.1, -0.05) is 29.0 Å². The normalized spacial score (nSPS) is 11.2. The van der Waals surface area contributed by atoms with E-state index in [9.17, 15) is 4.79 Å². The van der Waals surface area contributed by atoms with Crippen molar-refractivity contribution in [2.45, 2.75) is 33.9 Å². The van der Waals surface area contributed by atoms with Gasteiger partial charge in [0.2, 0.25) is 0 Å². The fraction of sp³-hybridized carbons (Fsp3) is 0.238. The Hall–Kier alpha value is -2.77. The van der Waals surface area contributed by atoms with Gasteiger partial charge < -0.3 is 0 Å². The standard InChI is InChI=1S/C21H20ClN5OS/c1-13-7-17(22)9-18-20(13)24-21(29-18)26(11-16-5-4-6-23-10-16)19(28)12-27-15(3)8-14(2)25-27/h4-10H,11-12H2,1-3H3. The van der Waals surface area contributed by atoms with Gasteiger partial charge in [-0.05, 0) is 56.2 Å². The Balaban J connectivity index is 1.72. The Morgan fingerprint density at radius 2 is 2.07 bits per heavy atom. The van der Waals surface area contributed by atoms with Crippen molar-refractivity contribution in [2.75, 3.05) is 4.90 Å². The van der Waals surface area contributed by atoms with Crippen LogP contribution in [0.1, 0.15) is 22.5 Å². The Morgan fingerprint density at radius 1 is 1.24 bits per heavy atom. The molecule has 0 radical (unpaired) electrons. The number of fused-ring (bicyclic) bond motifs is 1. The molecule has 29 heavy (non-hydrogen) atoms. The van der Waals surface area contributed by atoms with Crippen LogP contribution in [0.15, 0.2) is 42.7 Å². The van der Waals surface area contributed by atoms with Crippen LogP contribution in [0, 0.1) is 20.8 Å². The Kier molecular flexibility index (Phi) is 5.34. The summed E-state index contributed by atoms with van der Waals surface area (Å²) in [6.45, 7) is 6.37. The third-order valence-electron chi connectivity index (χ3n) is 4.62. The van der Waals surface area contributed by atoms with Crippen LogP contribution < -0.4 is 4.90 Å². The summed E-state index contributed by atoms with van der Waals surface area (Å²) in [6, 6.07) is 9.55. The molecule has 0 bridgehead atoms. The average Bonchev–Trinajstić information content (AvgIpc) is 3.23. The molecular formula is C21H20ClN5OS. The molecule has 1 aromatic carbocycles. The van der Waals surface area contributed by atoms with Crippen molar-refractivity contribution in [1.29, 1.82) is 0 Å². The van der Waals surface area contributed by atoms with E-state index in [1.165, 1.54) is 11.3 Å². The zero-order valence-corrected chi connectivity index (χ0v) is 18.0. The summed E-state index contributed by atoms with van der Waals surface area (Å²) in [4.78, 5) is 23.9. The number of pyridine rings is 1. The molecule has 0 N–H and O–H groups in total. The molecule has 3 heterocycles. The van der Waals surface area contributed by atoms with Crippen molar-refractivity contribution in [3.63, 3.8) is 0 Å². The number of amides is 1. The van der Waals surface area contributed by atoms with Gasteiger partial charge in [0.05, 0.1) is 22.5 Å². The van der Waals surface area contributed by atoms with Crippen LogP contribution in [0.5, 0.6) is 0 Å². The highest BCUT2D eigenvalue weighted by atomic mass is 35.5. The molecule has 4 rings (SSSR count). The van der Waals surface area contributed by atoms with Crippen LogP contribution in [-0.2, 0) is 17.9 Å². The van der Waals surface area contributed by atoms with Crippen LogP contribution in [0.3, 0.4) is 0 Å². The average molecular weight is 426 g/mol. The molecule has 1 amide bonds. The number of rotatable bonds is 5. The molecule has 0 aliphatic heterocycles. The number of aromatic nitrogens is 4. The molecule has 4 aromatic rings. The predicted molar refractivity (Wildman–Crippen MR) is 116 cm³/mol. The summed E-state index contributed by atoms with van der Waals surface area (Å²) < 4.78 is 2.68. The van der Waals surface area contributed by atoms with Gasteiger partial charge in [0, 0.05) is 23.1 Å². The number of carbonyl (C=O) groups is 1.